The first-order valence-electron chi connectivity index (χ1n) is 4.33. The molecule has 11 heavy (non-hydrogen) atoms. The lowest BCUT2D eigenvalue weighted by molar-refractivity contribution is -0.0366. The Morgan fingerprint density at radius 2 is 2.00 bits per heavy atom. The number of aliphatic hydroxyl groups is 1. The predicted octanol–water partition coefficient (Wildman–Crippen LogP) is 1.32. The second-order valence-electron chi connectivity index (χ2n) is 4.68. The smallest absolute Gasteiger partial charge is 0.0923 e. The highest BCUT2D eigenvalue weighted by molar-refractivity contribution is 5.09. The summed E-state index contributed by atoms with van der Waals surface area (Å²) in [5.41, 5.74) is -0.277. The normalized spacial score (nSPS) is 53.5. The Morgan fingerprint density at radius 3 is 2.27 bits per heavy atom. The molecule has 3 atom stereocenters. The summed E-state index contributed by atoms with van der Waals surface area (Å²) in [6.07, 6.45) is 2.12. The van der Waals surface area contributed by atoms with Gasteiger partial charge in [-0.1, -0.05) is 13.8 Å². The second-order valence-corrected chi connectivity index (χ2v) is 4.68. The molecule has 0 aromatic rings. The maximum absolute atomic E-state index is 9.88. The van der Waals surface area contributed by atoms with Crippen molar-refractivity contribution >= 4 is 0 Å². The van der Waals surface area contributed by atoms with E-state index in [2.05, 4.69) is 13.8 Å². The van der Waals surface area contributed by atoms with Gasteiger partial charge in [-0.25, -0.2) is 0 Å². The molecule has 0 unspecified atom stereocenters. The third-order valence-electron chi connectivity index (χ3n) is 3.43. The molecule has 0 aromatic carbocycles. The van der Waals surface area contributed by atoms with Gasteiger partial charge in [0.1, 0.15) is 0 Å². The number of ether oxygens (including phenoxy) is 1. The van der Waals surface area contributed by atoms with Gasteiger partial charge in [0.25, 0.3) is 0 Å². The van der Waals surface area contributed by atoms with E-state index < -0.39 is 0 Å². The van der Waals surface area contributed by atoms with E-state index in [9.17, 15) is 5.11 Å². The van der Waals surface area contributed by atoms with Crippen LogP contribution in [0.3, 0.4) is 0 Å². The van der Waals surface area contributed by atoms with E-state index in [0.717, 1.165) is 12.8 Å². The fourth-order valence-corrected chi connectivity index (χ4v) is 2.55. The summed E-state index contributed by atoms with van der Waals surface area (Å²) < 4.78 is 5.74. The minimum Gasteiger partial charge on any atom is -0.389 e. The van der Waals surface area contributed by atoms with Crippen molar-refractivity contribution in [1.29, 1.82) is 0 Å². The van der Waals surface area contributed by atoms with Crippen LogP contribution in [-0.4, -0.2) is 22.9 Å². The minimum atomic E-state index is -0.284. The van der Waals surface area contributed by atoms with Gasteiger partial charge in [-0.05, 0) is 19.8 Å². The zero-order chi connectivity index (χ0) is 8.28. The Labute approximate surface area is 67.6 Å². The van der Waals surface area contributed by atoms with Crippen molar-refractivity contribution in [1.82, 2.24) is 0 Å². The van der Waals surface area contributed by atoms with Crippen molar-refractivity contribution < 1.29 is 9.84 Å². The molecule has 64 valence electrons. The van der Waals surface area contributed by atoms with Crippen LogP contribution >= 0.6 is 0 Å². The molecule has 2 nitrogen and oxygen atoms in total. The largest absolute Gasteiger partial charge is 0.389 e. The molecule has 2 fully saturated rings. The Morgan fingerprint density at radius 1 is 1.36 bits per heavy atom. The van der Waals surface area contributed by atoms with Crippen LogP contribution in [-0.2, 0) is 4.74 Å². The van der Waals surface area contributed by atoms with Gasteiger partial charge >= 0.3 is 0 Å². The van der Waals surface area contributed by atoms with Gasteiger partial charge in [0, 0.05) is 5.41 Å². The molecular formula is C9H16O2. The third kappa shape index (κ3) is 0.744. The van der Waals surface area contributed by atoms with Gasteiger partial charge in [-0.3, -0.25) is 0 Å². The number of hydrogen-bond donors (Lipinski definition) is 1. The van der Waals surface area contributed by atoms with Crippen molar-refractivity contribution in [2.45, 2.75) is 51.4 Å². The number of hydrogen-bond acceptors (Lipinski definition) is 2. The van der Waals surface area contributed by atoms with E-state index >= 15 is 0 Å². The van der Waals surface area contributed by atoms with Crippen LogP contribution in [0.25, 0.3) is 0 Å². The molecule has 0 spiro atoms. The van der Waals surface area contributed by atoms with Gasteiger partial charge in [-0.2, -0.15) is 0 Å². The molecule has 0 saturated carbocycles. The second kappa shape index (κ2) is 1.80. The lowest BCUT2D eigenvalue weighted by atomic mass is 9.70. The van der Waals surface area contributed by atoms with Gasteiger partial charge in [-0.15, -0.1) is 0 Å². The first-order chi connectivity index (χ1) is 4.97. The van der Waals surface area contributed by atoms with Crippen LogP contribution in [0.2, 0.25) is 0 Å². The fraction of sp³-hybridized carbons (Fsp3) is 1.00. The van der Waals surface area contributed by atoms with E-state index in [1.54, 1.807) is 0 Å². The Bertz CT molecular complexity index is 183. The molecule has 0 radical (unpaired) electrons. The summed E-state index contributed by atoms with van der Waals surface area (Å²) in [6.45, 7) is 6.20. The average Bonchev–Trinajstić information content (AvgIpc) is 2.36. The van der Waals surface area contributed by atoms with E-state index in [1.807, 2.05) is 6.92 Å². The Balaban J connectivity index is 2.34. The summed E-state index contributed by atoms with van der Waals surface area (Å²) in [7, 11) is 0. The molecule has 1 N–H and O–H groups in total. The van der Waals surface area contributed by atoms with Crippen molar-refractivity contribution in [2.75, 3.05) is 0 Å². The summed E-state index contributed by atoms with van der Waals surface area (Å²) in [4.78, 5) is 0. The average molecular weight is 156 g/mol. The van der Waals surface area contributed by atoms with Gasteiger partial charge < -0.3 is 9.84 Å². The van der Waals surface area contributed by atoms with Crippen LogP contribution in [0, 0.1) is 5.41 Å². The number of fused-ring (bicyclic) bond motifs is 2. The van der Waals surface area contributed by atoms with Crippen molar-refractivity contribution in [2.24, 2.45) is 5.41 Å². The molecule has 2 heterocycles. The van der Waals surface area contributed by atoms with E-state index in [-0.39, 0.29) is 23.2 Å². The van der Waals surface area contributed by atoms with E-state index in [1.165, 1.54) is 0 Å². The molecular weight excluding hydrogens is 140 g/mol. The highest BCUT2D eigenvalue weighted by Gasteiger charge is 2.60. The van der Waals surface area contributed by atoms with Gasteiger partial charge in [0.05, 0.1) is 17.8 Å². The summed E-state index contributed by atoms with van der Waals surface area (Å²) in [5, 5.41) is 9.88. The third-order valence-corrected chi connectivity index (χ3v) is 3.43. The highest BCUT2D eigenvalue weighted by Crippen LogP contribution is 2.53. The maximum atomic E-state index is 9.88. The predicted molar refractivity (Wildman–Crippen MR) is 42.3 cm³/mol. The molecule has 2 saturated heterocycles. The van der Waals surface area contributed by atoms with Crippen LogP contribution in [0.5, 0.6) is 0 Å². The van der Waals surface area contributed by atoms with Crippen molar-refractivity contribution in [3.63, 3.8) is 0 Å². The fourth-order valence-electron chi connectivity index (χ4n) is 2.55. The van der Waals surface area contributed by atoms with Crippen LogP contribution in [0.4, 0.5) is 0 Å². The zero-order valence-corrected chi connectivity index (χ0v) is 7.42. The molecule has 2 aliphatic rings. The number of aliphatic hydroxyl groups excluding tert-OH is 1. The first-order valence-corrected chi connectivity index (χ1v) is 4.33. The Hall–Kier alpha value is -0.0800. The van der Waals surface area contributed by atoms with Crippen LogP contribution in [0.1, 0.15) is 33.6 Å². The van der Waals surface area contributed by atoms with E-state index in [0.29, 0.717) is 0 Å². The SMILES string of the molecule is CC1(C)[C@H]2CC[C@](C)(O2)[C@H]1O. The molecule has 2 rings (SSSR count). The summed E-state index contributed by atoms with van der Waals surface area (Å²) in [6, 6.07) is 0. The molecule has 2 aliphatic heterocycles. The number of rotatable bonds is 0. The summed E-state index contributed by atoms with van der Waals surface area (Å²) in [5.74, 6) is 0. The molecule has 0 aliphatic carbocycles. The van der Waals surface area contributed by atoms with Gasteiger partial charge in [0.2, 0.25) is 0 Å². The first kappa shape index (κ1) is 7.56. The quantitative estimate of drug-likeness (QED) is 0.573. The van der Waals surface area contributed by atoms with Crippen LogP contribution in [0.15, 0.2) is 0 Å². The van der Waals surface area contributed by atoms with Gasteiger partial charge in [0.15, 0.2) is 0 Å². The maximum Gasteiger partial charge on any atom is 0.0923 e. The zero-order valence-electron chi connectivity index (χ0n) is 7.42. The molecule has 0 amide bonds. The monoisotopic (exact) mass is 156 g/mol. The van der Waals surface area contributed by atoms with Crippen molar-refractivity contribution in [3.8, 4) is 0 Å². The highest BCUT2D eigenvalue weighted by atomic mass is 16.5. The van der Waals surface area contributed by atoms with Crippen molar-refractivity contribution in [3.05, 3.63) is 0 Å². The lowest BCUT2D eigenvalue weighted by Gasteiger charge is -2.35. The lowest BCUT2D eigenvalue weighted by Crippen LogP contribution is -2.45. The minimum absolute atomic E-state index is 0.0347. The van der Waals surface area contributed by atoms with Crippen LogP contribution < -0.4 is 0 Å². The molecule has 2 heteroatoms. The Kier molecular flexibility index (Phi) is 1.24. The topological polar surface area (TPSA) is 29.5 Å². The standard InChI is InChI=1S/C9H16O2/c1-8(2)6-4-5-9(3,11-6)7(8)10/h6-7,10H,4-5H2,1-3H3/t6-,7+,9+/m1/s1. The van der Waals surface area contributed by atoms with E-state index in [4.69, 9.17) is 4.74 Å². The summed E-state index contributed by atoms with van der Waals surface area (Å²) >= 11 is 0. The molecule has 2 bridgehead atoms. The molecule has 0 aromatic heterocycles.